The fraction of sp³-hybridized carbons (Fsp3) is 0.179. The van der Waals surface area contributed by atoms with Crippen molar-refractivity contribution in [2.45, 2.75) is 25.8 Å². The van der Waals surface area contributed by atoms with Gasteiger partial charge in [-0.25, -0.2) is 9.78 Å². The average Bonchev–Trinajstić information content (AvgIpc) is 3.52. The van der Waals surface area contributed by atoms with Crippen LogP contribution in [0.15, 0.2) is 72.1 Å². The molecule has 0 saturated carbocycles. The Morgan fingerprint density at radius 3 is 2.65 bits per heavy atom. The molecule has 34 heavy (non-hydrogen) atoms. The van der Waals surface area contributed by atoms with E-state index in [2.05, 4.69) is 17.5 Å². The highest BCUT2D eigenvalue weighted by Crippen LogP contribution is 2.38. The summed E-state index contributed by atoms with van der Waals surface area (Å²) < 4.78 is 5.50. The minimum atomic E-state index is -0.491. The first-order valence-electron chi connectivity index (χ1n) is 11.3. The summed E-state index contributed by atoms with van der Waals surface area (Å²) in [6.45, 7) is 1.57. The predicted molar refractivity (Wildman–Crippen MR) is 136 cm³/mol. The number of allylic oxidation sites excluding steroid dienone is 1. The SMILES string of the molecule is CC(NC(=O)COC(=O)c1c2c(nc3ccccc13)C(=Cc1cccs1)CC2)c1ccccc1. The number of aromatic nitrogens is 1. The second-order valence-corrected chi connectivity index (χ2v) is 9.27. The first kappa shape index (κ1) is 22.0. The van der Waals surface area contributed by atoms with E-state index in [4.69, 9.17) is 9.72 Å². The number of ether oxygens (including phenoxy) is 1. The number of fused-ring (bicyclic) bond motifs is 2. The Morgan fingerprint density at radius 2 is 1.85 bits per heavy atom. The normalized spacial score (nSPS) is 14.7. The van der Waals surface area contributed by atoms with E-state index in [0.29, 0.717) is 12.0 Å². The van der Waals surface area contributed by atoms with Gasteiger partial charge in [-0.05, 0) is 60.1 Å². The van der Waals surface area contributed by atoms with E-state index in [-0.39, 0.29) is 18.6 Å². The van der Waals surface area contributed by atoms with Gasteiger partial charge in [-0.15, -0.1) is 11.3 Å². The second-order valence-electron chi connectivity index (χ2n) is 8.29. The molecule has 4 aromatic rings. The van der Waals surface area contributed by atoms with E-state index in [9.17, 15) is 9.59 Å². The molecule has 6 heteroatoms. The summed E-state index contributed by atoms with van der Waals surface area (Å²) in [6.07, 6.45) is 3.67. The van der Waals surface area contributed by atoms with Gasteiger partial charge in [-0.3, -0.25) is 4.79 Å². The number of thiophene rings is 1. The monoisotopic (exact) mass is 468 g/mol. The van der Waals surface area contributed by atoms with Crippen LogP contribution in [0.5, 0.6) is 0 Å². The van der Waals surface area contributed by atoms with Crippen LogP contribution in [0, 0.1) is 0 Å². The standard InChI is InChI=1S/C28H24N2O3S/c1-18(19-8-3-2-4-9-19)29-25(31)17-33-28(32)26-22-11-5-6-12-24(22)30-27-20(13-14-23(26)27)16-21-10-7-15-34-21/h2-12,15-16,18H,13-14,17H2,1H3,(H,29,31). The van der Waals surface area contributed by atoms with E-state index in [1.807, 2.05) is 73.0 Å². The van der Waals surface area contributed by atoms with Gasteiger partial charge in [0.05, 0.1) is 22.8 Å². The van der Waals surface area contributed by atoms with Crippen LogP contribution in [0.2, 0.25) is 0 Å². The third kappa shape index (κ3) is 4.50. The number of rotatable bonds is 6. The highest BCUT2D eigenvalue weighted by molar-refractivity contribution is 7.10. The summed E-state index contributed by atoms with van der Waals surface area (Å²) in [5.74, 6) is -0.826. The van der Waals surface area contributed by atoms with Crippen LogP contribution in [0.1, 0.15) is 51.4 Å². The fourth-order valence-electron chi connectivity index (χ4n) is 4.37. The van der Waals surface area contributed by atoms with Crippen molar-refractivity contribution in [1.29, 1.82) is 0 Å². The summed E-state index contributed by atoms with van der Waals surface area (Å²) in [5.41, 5.74) is 5.11. The summed E-state index contributed by atoms with van der Waals surface area (Å²) >= 11 is 1.67. The number of esters is 1. The van der Waals surface area contributed by atoms with Crippen molar-refractivity contribution in [3.05, 3.63) is 99.4 Å². The van der Waals surface area contributed by atoms with Crippen LogP contribution in [0.25, 0.3) is 22.6 Å². The molecule has 170 valence electrons. The highest BCUT2D eigenvalue weighted by Gasteiger charge is 2.28. The smallest absolute Gasteiger partial charge is 0.339 e. The molecule has 5 nitrogen and oxygen atoms in total. The van der Waals surface area contributed by atoms with Gasteiger partial charge in [0.1, 0.15) is 0 Å². The van der Waals surface area contributed by atoms with E-state index in [1.54, 1.807) is 11.3 Å². The van der Waals surface area contributed by atoms with Crippen molar-refractivity contribution in [2.75, 3.05) is 6.61 Å². The van der Waals surface area contributed by atoms with Crippen LogP contribution < -0.4 is 5.32 Å². The Morgan fingerprint density at radius 1 is 1.06 bits per heavy atom. The molecule has 5 rings (SSSR count). The Labute approximate surface area is 202 Å². The molecule has 2 heterocycles. The van der Waals surface area contributed by atoms with Gasteiger partial charge in [0.25, 0.3) is 5.91 Å². The van der Waals surface area contributed by atoms with Gasteiger partial charge in [0, 0.05) is 10.3 Å². The van der Waals surface area contributed by atoms with Crippen molar-refractivity contribution in [1.82, 2.24) is 10.3 Å². The molecule has 0 fully saturated rings. The van der Waals surface area contributed by atoms with Gasteiger partial charge in [0.15, 0.2) is 6.61 Å². The van der Waals surface area contributed by atoms with Crippen molar-refractivity contribution in [3.8, 4) is 0 Å². The highest BCUT2D eigenvalue weighted by atomic mass is 32.1. The molecule has 1 atom stereocenters. The second kappa shape index (κ2) is 9.61. The molecule has 0 spiro atoms. The molecule has 2 aromatic carbocycles. The lowest BCUT2D eigenvalue weighted by Crippen LogP contribution is -2.31. The number of para-hydroxylation sites is 1. The minimum Gasteiger partial charge on any atom is -0.452 e. The molecule has 0 aliphatic heterocycles. The van der Waals surface area contributed by atoms with Crippen molar-refractivity contribution in [3.63, 3.8) is 0 Å². The lowest BCUT2D eigenvalue weighted by Gasteiger charge is -2.15. The van der Waals surface area contributed by atoms with Gasteiger partial charge in [-0.2, -0.15) is 0 Å². The zero-order chi connectivity index (χ0) is 23.5. The largest absolute Gasteiger partial charge is 0.452 e. The van der Waals surface area contributed by atoms with E-state index in [1.165, 1.54) is 0 Å². The number of benzene rings is 2. The van der Waals surface area contributed by atoms with Crippen LogP contribution in [0.4, 0.5) is 0 Å². The first-order chi connectivity index (χ1) is 16.6. The molecule has 1 N–H and O–H groups in total. The topological polar surface area (TPSA) is 68.3 Å². The van der Waals surface area contributed by atoms with Crippen LogP contribution in [-0.2, 0) is 16.0 Å². The zero-order valence-corrected chi connectivity index (χ0v) is 19.6. The summed E-state index contributed by atoms with van der Waals surface area (Å²) in [7, 11) is 0. The van der Waals surface area contributed by atoms with Crippen molar-refractivity contribution >= 4 is 45.8 Å². The van der Waals surface area contributed by atoms with Crippen LogP contribution in [0.3, 0.4) is 0 Å². The maximum atomic E-state index is 13.3. The Bertz CT molecular complexity index is 1380. The van der Waals surface area contributed by atoms with Gasteiger partial charge in [0.2, 0.25) is 0 Å². The van der Waals surface area contributed by atoms with E-state index < -0.39 is 5.97 Å². The molecule has 1 aliphatic rings. The van der Waals surface area contributed by atoms with Crippen molar-refractivity contribution < 1.29 is 14.3 Å². The summed E-state index contributed by atoms with van der Waals surface area (Å²) in [6, 6.07) is 21.2. The average molecular weight is 469 g/mol. The number of pyridine rings is 1. The van der Waals surface area contributed by atoms with Gasteiger partial charge >= 0.3 is 5.97 Å². The number of amides is 1. The lowest BCUT2D eigenvalue weighted by molar-refractivity contribution is -0.124. The first-order valence-corrected chi connectivity index (χ1v) is 12.2. The zero-order valence-electron chi connectivity index (χ0n) is 18.8. The maximum Gasteiger partial charge on any atom is 0.339 e. The molecular formula is C28H24N2O3S. The molecule has 1 amide bonds. The third-order valence-electron chi connectivity index (χ3n) is 6.02. The van der Waals surface area contributed by atoms with Crippen LogP contribution in [-0.4, -0.2) is 23.5 Å². The number of carbonyl (C=O) groups is 2. The van der Waals surface area contributed by atoms with E-state index >= 15 is 0 Å². The quantitative estimate of drug-likeness (QED) is 0.362. The molecule has 0 saturated heterocycles. The molecular weight excluding hydrogens is 444 g/mol. The maximum absolute atomic E-state index is 13.3. The summed E-state index contributed by atoms with van der Waals surface area (Å²) in [5, 5.41) is 5.68. The Hall–Kier alpha value is -3.77. The number of hydrogen-bond donors (Lipinski definition) is 1. The van der Waals surface area contributed by atoms with Crippen molar-refractivity contribution in [2.24, 2.45) is 0 Å². The predicted octanol–water partition coefficient (Wildman–Crippen LogP) is 5.82. The van der Waals surface area contributed by atoms with Crippen LogP contribution >= 0.6 is 11.3 Å². The Balaban J connectivity index is 1.39. The number of nitrogens with one attached hydrogen (secondary N) is 1. The molecule has 0 bridgehead atoms. The Kier molecular flexibility index (Phi) is 6.23. The minimum absolute atomic E-state index is 0.177. The molecule has 2 aromatic heterocycles. The molecule has 1 aliphatic carbocycles. The van der Waals surface area contributed by atoms with Gasteiger partial charge < -0.3 is 10.1 Å². The van der Waals surface area contributed by atoms with Gasteiger partial charge in [-0.1, -0.05) is 54.6 Å². The van der Waals surface area contributed by atoms with E-state index in [0.717, 1.165) is 44.6 Å². The number of hydrogen-bond acceptors (Lipinski definition) is 5. The number of carbonyl (C=O) groups excluding carboxylic acids is 2. The fourth-order valence-corrected chi connectivity index (χ4v) is 5.05. The molecule has 1 unspecified atom stereocenters. The summed E-state index contributed by atoms with van der Waals surface area (Å²) in [4.78, 5) is 31.8. The number of nitrogens with zero attached hydrogens (tertiary/aromatic N) is 1. The lowest BCUT2D eigenvalue weighted by atomic mass is 10.0. The molecule has 0 radical (unpaired) electrons. The third-order valence-corrected chi connectivity index (χ3v) is 6.84.